The first-order chi connectivity index (χ1) is 8.68. The van der Waals surface area contributed by atoms with Gasteiger partial charge in [0, 0.05) is 23.5 Å². The third kappa shape index (κ3) is 1.91. The monoisotopic (exact) mass is 246 g/mol. The minimum absolute atomic E-state index is 0.285. The fourth-order valence-corrected chi connectivity index (χ4v) is 4.10. The zero-order valence-corrected chi connectivity index (χ0v) is 11.8. The molecule has 18 heavy (non-hydrogen) atoms. The number of fused-ring (bicyclic) bond motifs is 1. The summed E-state index contributed by atoms with van der Waals surface area (Å²) in [7, 11) is 0. The van der Waals surface area contributed by atoms with Gasteiger partial charge in [-0.05, 0) is 56.6 Å². The highest BCUT2D eigenvalue weighted by Crippen LogP contribution is 2.39. The van der Waals surface area contributed by atoms with Crippen LogP contribution in [0.3, 0.4) is 0 Å². The Morgan fingerprint density at radius 2 is 1.94 bits per heavy atom. The zero-order valence-electron chi connectivity index (χ0n) is 11.8. The predicted molar refractivity (Wildman–Crippen MR) is 75.7 cm³/mol. The first-order valence-electron chi connectivity index (χ1n) is 7.64. The van der Waals surface area contributed by atoms with E-state index in [1.165, 1.54) is 49.8 Å². The number of nitrogens with two attached hydrogens (primary N) is 1. The Bertz CT molecular complexity index is 433. The smallest absolute Gasteiger partial charge is 0.0361 e. The van der Waals surface area contributed by atoms with Crippen molar-refractivity contribution in [3.63, 3.8) is 0 Å². The van der Waals surface area contributed by atoms with Crippen LogP contribution in [-0.2, 0) is 6.42 Å². The molecule has 1 heterocycles. The van der Waals surface area contributed by atoms with Gasteiger partial charge in [0.15, 0.2) is 0 Å². The van der Waals surface area contributed by atoms with Crippen LogP contribution in [0.1, 0.15) is 74.5 Å². The van der Waals surface area contributed by atoms with Gasteiger partial charge in [-0.15, -0.1) is 0 Å². The Balaban J connectivity index is 2.01. The van der Waals surface area contributed by atoms with E-state index in [0.29, 0.717) is 0 Å². The van der Waals surface area contributed by atoms with E-state index in [0.717, 1.165) is 18.4 Å². The number of hydrogen-bond acceptors (Lipinski definition) is 1. The predicted octanol–water partition coefficient (Wildman–Crippen LogP) is 3.88. The second-order valence-electron chi connectivity index (χ2n) is 6.39. The second kappa shape index (κ2) is 4.73. The van der Waals surface area contributed by atoms with Crippen molar-refractivity contribution in [3.8, 4) is 0 Å². The molecule has 100 valence electrons. The zero-order chi connectivity index (χ0) is 12.7. The standard InChI is InChI=1S/C16H26N2/c1-11-6-3-4-8-15(11)18-12(2)10-13-14(17)7-5-9-16(13)18/h10-11,14-15H,3-9,17H2,1-2H3. The van der Waals surface area contributed by atoms with Crippen molar-refractivity contribution in [2.45, 2.75) is 70.9 Å². The van der Waals surface area contributed by atoms with Crippen molar-refractivity contribution < 1.29 is 0 Å². The summed E-state index contributed by atoms with van der Waals surface area (Å²) in [5.41, 5.74) is 10.7. The number of aromatic nitrogens is 1. The van der Waals surface area contributed by atoms with Crippen LogP contribution in [0.15, 0.2) is 6.07 Å². The average molecular weight is 246 g/mol. The van der Waals surface area contributed by atoms with Crippen LogP contribution in [0, 0.1) is 12.8 Å². The van der Waals surface area contributed by atoms with Crippen LogP contribution >= 0.6 is 0 Å². The SMILES string of the molecule is Cc1cc2c(n1C1CCCCC1C)CCCC2N. The first-order valence-corrected chi connectivity index (χ1v) is 7.64. The fraction of sp³-hybridized carbons (Fsp3) is 0.750. The molecule has 3 atom stereocenters. The van der Waals surface area contributed by atoms with E-state index >= 15 is 0 Å². The van der Waals surface area contributed by atoms with E-state index in [-0.39, 0.29) is 6.04 Å². The van der Waals surface area contributed by atoms with E-state index < -0.39 is 0 Å². The van der Waals surface area contributed by atoms with E-state index in [2.05, 4.69) is 24.5 Å². The maximum atomic E-state index is 6.28. The average Bonchev–Trinajstić information content (AvgIpc) is 2.68. The van der Waals surface area contributed by atoms with Crippen molar-refractivity contribution in [1.82, 2.24) is 4.57 Å². The molecule has 2 aliphatic rings. The minimum Gasteiger partial charge on any atom is -0.345 e. The molecule has 0 saturated heterocycles. The molecule has 1 fully saturated rings. The molecule has 0 radical (unpaired) electrons. The number of nitrogens with zero attached hydrogens (tertiary/aromatic N) is 1. The van der Waals surface area contributed by atoms with Gasteiger partial charge in [-0.25, -0.2) is 0 Å². The normalized spacial score (nSPS) is 32.3. The van der Waals surface area contributed by atoms with Crippen molar-refractivity contribution in [2.75, 3.05) is 0 Å². The molecule has 0 aliphatic heterocycles. The summed E-state index contributed by atoms with van der Waals surface area (Å²) in [5.74, 6) is 0.826. The van der Waals surface area contributed by atoms with Gasteiger partial charge in [0.05, 0.1) is 0 Å². The third-order valence-electron chi connectivity index (χ3n) is 5.09. The van der Waals surface area contributed by atoms with Gasteiger partial charge in [-0.2, -0.15) is 0 Å². The lowest BCUT2D eigenvalue weighted by atomic mass is 9.85. The quantitative estimate of drug-likeness (QED) is 0.801. The summed E-state index contributed by atoms with van der Waals surface area (Å²) < 4.78 is 2.65. The lowest BCUT2D eigenvalue weighted by Gasteiger charge is -2.34. The van der Waals surface area contributed by atoms with Gasteiger partial charge in [0.25, 0.3) is 0 Å². The molecule has 2 aliphatic carbocycles. The number of aryl methyl sites for hydroxylation is 1. The molecule has 2 N–H and O–H groups in total. The molecule has 0 spiro atoms. The Kier molecular flexibility index (Phi) is 3.23. The molecule has 0 bridgehead atoms. The molecule has 3 rings (SSSR count). The summed E-state index contributed by atoms with van der Waals surface area (Å²) >= 11 is 0. The maximum Gasteiger partial charge on any atom is 0.0361 e. The van der Waals surface area contributed by atoms with Crippen molar-refractivity contribution in [1.29, 1.82) is 0 Å². The number of rotatable bonds is 1. The van der Waals surface area contributed by atoms with Crippen LogP contribution in [0.4, 0.5) is 0 Å². The fourth-order valence-electron chi connectivity index (χ4n) is 4.10. The highest BCUT2D eigenvalue weighted by Gasteiger charge is 2.29. The van der Waals surface area contributed by atoms with Gasteiger partial charge in [-0.1, -0.05) is 19.8 Å². The highest BCUT2D eigenvalue weighted by molar-refractivity contribution is 5.33. The van der Waals surface area contributed by atoms with Crippen LogP contribution in [0.2, 0.25) is 0 Å². The Hall–Kier alpha value is -0.760. The second-order valence-corrected chi connectivity index (χ2v) is 6.39. The van der Waals surface area contributed by atoms with Crippen LogP contribution in [-0.4, -0.2) is 4.57 Å². The molecular weight excluding hydrogens is 220 g/mol. The topological polar surface area (TPSA) is 30.9 Å². The van der Waals surface area contributed by atoms with Crippen LogP contribution < -0.4 is 5.73 Å². The van der Waals surface area contributed by atoms with Gasteiger partial charge >= 0.3 is 0 Å². The largest absolute Gasteiger partial charge is 0.345 e. The van der Waals surface area contributed by atoms with Gasteiger partial charge < -0.3 is 10.3 Å². The van der Waals surface area contributed by atoms with E-state index in [1.54, 1.807) is 5.69 Å². The summed E-state index contributed by atoms with van der Waals surface area (Å²) in [4.78, 5) is 0. The maximum absolute atomic E-state index is 6.28. The highest BCUT2D eigenvalue weighted by atomic mass is 15.0. The summed E-state index contributed by atoms with van der Waals surface area (Å²) in [5, 5.41) is 0. The van der Waals surface area contributed by atoms with Gasteiger partial charge in [-0.3, -0.25) is 0 Å². The molecule has 1 aromatic heterocycles. The minimum atomic E-state index is 0.285. The van der Waals surface area contributed by atoms with Crippen molar-refractivity contribution >= 4 is 0 Å². The van der Waals surface area contributed by atoms with E-state index in [4.69, 9.17) is 5.73 Å². The van der Waals surface area contributed by atoms with Crippen molar-refractivity contribution in [2.24, 2.45) is 11.7 Å². The molecule has 2 nitrogen and oxygen atoms in total. The molecule has 2 heteroatoms. The van der Waals surface area contributed by atoms with Crippen molar-refractivity contribution in [3.05, 3.63) is 23.0 Å². The first kappa shape index (κ1) is 12.3. The molecule has 0 aromatic carbocycles. The Morgan fingerprint density at radius 1 is 1.17 bits per heavy atom. The summed E-state index contributed by atoms with van der Waals surface area (Å²) in [6.07, 6.45) is 9.23. The summed E-state index contributed by atoms with van der Waals surface area (Å²) in [6, 6.07) is 3.38. The molecule has 1 saturated carbocycles. The van der Waals surface area contributed by atoms with E-state index in [9.17, 15) is 0 Å². The lowest BCUT2D eigenvalue weighted by molar-refractivity contribution is 0.249. The number of hydrogen-bond donors (Lipinski definition) is 1. The van der Waals surface area contributed by atoms with Gasteiger partial charge in [0.1, 0.15) is 0 Å². The molecular formula is C16H26N2. The third-order valence-corrected chi connectivity index (χ3v) is 5.09. The van der Waals surface area contributed by atoms with Crippen LogP contribution in [0.5, 0.6) is 0 Å². The Morgan fingerprint density at radius 3 is 2.72 bits per heavy atom. The molecule has 3 unspecified atom stereocenters. The van der Waals surface area contributed by atoms with Crippen LogP contribution in [0.25, 0.3) is 0 Å². The summed E-state index contributed by atoms with van der Waals surface area (Å²) in [6.45, 7) is 4.70. The molecule has 1 aromatic rings. The molecule has 0 amide bonds. The Labute approximate surface area is 111 Å². The van der Waals surface area contributed by atoms with E-state index in [1.807, 2.05) is 0 Å². The lowest BCUT2D eigenvalue weighted by Crippen LogP contribution is -2.25. The van der Waals surface area contributed by atoms with Gasteiger partial charge in [0.2, 0.25) is 0 Å².